The van der Waals surface area contributed by atoms with Crippen LogP contribution in [0, 0.1) is 6.92 Å². The highest BCUT2D eigenvalue weighted by atomic mass is 79.9. The molecule has 0 aromatic heterocycles. The minimum atomic E-state index is -3.59. The molecular formula is C25H33BrClN3O4S. The smallest absolute Gasteiger partial charge is 0.242 e. The summed E-state index contributed by atoms with van der Waals surface area (Å²) in [6.07, 6.45) is 2.31. The number of aryl methyl sites for hydroxylation is 1. The molecule has 0 radical (unpaired) electrons. The molecule has 0 heterocycles. The number of nitrogens with zero attached hydrogens (tertiary/aromatic N) is 2. The van der Waals surface area contributed by atoms with Gasteiger partial charge in [0.1, 0.15) is 6.04 Å². The molecule has 0 aliphatic carbocycles. The number of nitrogens with one attached hydrogen (secondary N) is 1. The number of halogens is 2. The zero-order valence-electron chi connectivity index (χ0n) is 20.6. The molecule has 0 saturated heterocycles. The van der Waals surface area contributed by atoms with Gasteiger partial charge in [-0.3, -0.25) is 13.9 Å². The van der Waals surface area contributed by atoms with E-state index in [4.69, 9.17) is 11.6 Å². The van der Waals surface area contributed by atoms with Gasteiger partial charge in [-0.1, -0.05) is 52.7 Å². The van der Waals surface area contributed by atoms with E-state index in [-0.39, 0.29) is 37.7 Å². The van der Waals surface area contributed by atoms with Gasteiger partial charge in [0.05, 0.1) is 11.9 Å². The van der Waals surface area contributed by atoms with Gasteiger partial charge in [-0.2, -0.15) is 0 Å². The van der Waals surface area contributed by atoms with Crippen molar-refractivity contribution in [2.24, 2.45) is 0 Å². The summed E-state index contributed by atoms with van der Waals surface area (Å²) in [7, 11) is -3.59. The summed E-state index contributed by atoms with van der Waals surface area (Å²) in [6.45, 7) is 6.41. The summed E-state index contributed by atoms with van der Waals surface area (Å²) < 4.78 is 27.2. The second-order valence-electron chi connectivity index (χ2n) is 8.48. The van der Waals surface area contributed by atoms with E-state index in [1.165, 1.54) is 4.31 Å². The van der Waals surface area contributed by atoms with Crippen molar-refractivity contribution < 1.29 is 18.0 Å². The van der Waals surface area contributed by atoms with Gasteiger partial charge in [0.2, 0.25) is 21.8 Å². The highest BCUT2D eigenvalue weighted by Crippen LogP contribution is 2.27. The van der Waals surface area contributed by atoms with Crippen LogP contribution in [0.15, 0.2) is 46.9 Å². The number of hydrogen-bond acceptors (Lipinski definition) is 4. The summed E-state index contributed by atoms with van der Waals surface area (Å²) in [5, 5.41) is 3.28. The van der Waals surface area contributed by atoms with Crippen molar-refractivity contribution in [3.8, 4) is 0 Å². The van der Waals surface area contributed by atoms with E-state index < -0.39 is 16.1 Å². The van der Waals surface area contributed by atoms with Gasteiger partial charge in [0, 0.05) is 35.6 Å². The summed E-state index contributed by atoms with van der Waals surface area (Å²) in [5.74, 6) is -0.437. The lowest BCUT2D eigenvalue weighted by Gasteiger charge is -2.29. The maximum absolute atomic E-state index is 13.3. The molecule has 0 saturated carbocycles. The van der Waals surface area contributed by atoms with E-state index in [1.807, 2.05) is 38.1 Å². The molecule has 0 fully saturated rings. The van der Waals surface area contributed by atoms with Crippen molar-refractivity contribution in [1.29, 1.82) is 0 Å². The molecule has 10 heteroatoms. The molecular weight excluding hydrogens is 554 g/mol. The van der Waals surface area contributed by atoms with Gasteiger partial charge in [-0.05, 0) is 62.1 Å². The van der Waals surface area contributed by atoms with Crippen LogP contribution in [0.25, 0.3) is 0 Å². The Morgan fingerprint density at radius 1 is 1.14 bits per heavy atom. The first-order chi connectivity index (χ1) is 16.4. The molecule has 1 N–H and O–H groups in total. The van der Waals surface area contributed by atoms with Crippen LogP contribution in [-0.4, -0.2) is 50.5 Å². The quantitative estimate of drug-likeness (QED) is 0.383. The first kappa shape index (κ1) is 29.1. The Balaban J connectivity index is 2.18. The molecule has 0 aliphatic rings. The lowest BCUT2D eigenvalue weighted by molar-refractivity contribution is -0.140. The second kappa shape index (κ2) is 13.3. The fraction of sp³-hybridized carbons (Fsp3) is 0.440. The maximum atomic E-state index is 13.3. The lowest BCUT2D eigenvalue weighted by Crippen LogP contribution is -2.47. The molecule has 192 valence electrons. The molecule has 0 spiro atoms. The number of carbonyl (C=O) groups excluding carboxylic acids is 2. The third kappa shape index (κ3) is 8.81. The Hall–Kier alpha value is -2.10. The van der Waals surface area contributed by atoms with Crippen LogP contribution in [0.1, 0.15) is 44.2 Å². The van der Waals surface area contributed by atoms with E-state index in [0.29, 0.717) is 17.3 Å². The summed E-state index contributed by atoms with van der Waals surface area (Å²) in [5.41, 5.74) is 2.15. The summed E-state index contributed by atoms with van der Waals surface area (Å²) in [4.78, 5) is 27.5. The minimum absolute atomic E-state index is 0.0908. The predicted octanol–water partition coefficient (Wildman–Crippen LogP) is 4.90. The molecule has 1 atom stereocenters. The van der Waals surface area contributed by atoms with Gasteiger partial charge in [-0.15, -0.1) is 0 Å². The Labute approximate surface area is 222 Å². The van der Waals surface area contributed by atoms with Crippen LogP contribution in [-0.2, 0) is 26.2 Å². The van der Waals surface area contributed by atoms with Crippen molar-refractivity contribution >= 4 is 55.1 Å². The monoisotopic (exact) mass is 585 g/mol. The Bertz CT molecular complexity index is 1130. The van der Waals surface area contributed by atoms with E-state index >= 15 is 0 Å². The van der Waals surface area contributed by atoms with E-state index in [9.17, 15) is 18.0 Å². The number of sulfonamides is 1. The molecule has 7 nitrogen and oxygen atoms in total. The van der Waals surface area contributed by atoms with Gasteiger partial charge in [0.15, 0.2) is 0 Å². The predicted molar refractivity (Wildman–Crippen MR) is 145 cm³/mol. The zero-order valence-corrected chi connectivity index (χ0v) is 23.7. The van der Waals surface area contributed by atoms with Gasteiger partial charge in [0.25, 0.3) is 0 Å². The van der Waals surface area contributed by atoms with Crippen LogP contribution >= 0.6 is 27.5 Å². The van der Waals surface area contributed by atoms with Crippen molar-refractivity contribution in [2.45, 2.75) is 52.6 Å². The zero-order chi connectivity index (χ0) is 26.2. The topological polar surface area (TPSA) is 86.8 Å². The van der Waals surface area contributed by atoms with E-state index in [2.05, 4.69) is 21.2 Å². The molecule has 2 aromatic carbocycles. The third-order valence-corrected chi connectivity index (χ3v) is 7.52. The molecule has 2 rings (SSSR count). The standard InChI is InChI=1S/C25H33BrClN3O4S/c1-5-14-28-25(32)19(3)29(17-20-9-11-21(26)12-10-20)24(31)7-6-15-30(35(4,33)34)23-16-22(27)13-8-18(23)2/h8-13,16,19H,5-7,14-15,17H2,1-4H3,(H,28,32)/t19-/m0/s1. The number of amides is 2. The number of carbonyl (C=O) groups is 2. The number of hydrogen-bond donors (Lipinski definition) is 1. The number of benzene rings is 2. The van der Waals surface area contributed by atoms with Crippen molar-refractivity contribution in [1.82, 2.24) is 10.2 Å². The van der Waals surface area contributed by atoms with Gasteiger partial charge >= 0.3 is 0 Å². The largest absolute Gasteiger partial charge is 0.354 e. The number of anilines is 1. The SMILES string of the molecule is CCCNC(=O)[C@H](C)N(Cc1ccc(Br)cc1)C(=O)CCCN(c1cc(Cl)ccc1C)S(C)(=O)=O. The fourth-order valence-corrected chi connectivity index (χ4v) is 5.04. The third-order valence-electron chi connectivity index (χ3n) is 5.57. The first-order valence-corrected chi connectivity index (χ1v) is 14.5. The molecule has 2 amide bonds. The normalized spacial score (nSPS) is 12.2. The highest BCUT2D eigenvalue weighted by molar-refractivity contribution is 9.10. The molecule has 0 aliphatic heterocycles. The summed E-state index contributed by atoms with van der Waals surface area (Å²) >= 11 is 9.51. The van der Waals surface area contributed by atoms with Gasteiger partial charge in [-0.25, -0.2) is 8.42 Å². The molecule has 0 unspecified atom stereocenters. The molecule has 0 bridgehead atoms. The van der Waals surface area contributed by atoms with Crippen molar-refractivity contribution in [3.63, 3.8) is 0 Å². The van der Waals surface area contributed by atoms with E-state index in [0.717, 1.165) is 28.3 Å². The Morgan fingerprint density at radius 2 is 1.80 bits per heavy atom. The van der Waals surface area contributed by atoms with E-state index in [1.54, 1.807) is 30.0 Å². The van der Waals surface area contributed by atoms with Crippen LogP contribution < -0.4 is 9.62 Å². The maximum Gasteiger partial charge on any atom is 0.242 e. The van der Waals surface area contributed by atoms with Crippen LogP contribution in [0.4, 0.5) is 5.69 Å². The van der Waals surface area contributed by atoms with Crippen molar-refractivity contribution in [2.75, 3.05) is 23.7 Å². The lowest BCUT2D eigenvalue weighted by atomic mass is 10.1. The molecule has 35 heavy (non-hydrogen) atoms. The molecule has 2 aromatic rings. The van der Waals surface area contributed by atoms with Crippen LogP contribution in [0.3, 0.4) is 0 Å². The number of rotatable bonds is 12. The summed E-state index contributed by atoms with van der Waals surface area (Å²) in [6, 6.07) is 12.0. The Kier molecular flexibility index (Phi) is 11.0. The highest BCUT2D eigenvalue weighted by Gasteiger charge is 2.26. The van der Waals surface area contributed by atoms with Crippen LogP contribution in [0.5, 0.6) is 0 Å². The minimum Gasteiger partial charge on any atom is -0.354 e. The second-order valence-corrected chi connectivity index (χ2v) is 11.7. The first-order valence-electron chi connectivity index (χ1n) is 11.5. The van der Waals surface area contributed by atoms with Crippen molar-refractivity contribution in [3.05, 3.63) is 63.1 Å². The van der Waals surface area contributed by atoms with Gasteiger partial charge < -0.3 is 10.2 Å². The van der Waals surface area contributed by atoms with Crippen LogP contribution in [0.2, 0.25) is 5.02 Å². The average molecular weight is 587 g/mol. The fourth-order valence-electron chi connectivity index (χ4n) is 3.60. The average Bonchev–Trinajstić information content (AvgIpc) is 2.80. The Morgan fingerprint density at radius 3 is 2.40 bits per heavy atom.